The molecule has 0 saturated heterocycles. The van der Waals surface area contributed by atoms with E-state index in [2.05, 4.69) is 10.0 Å². The molecule has 0 unspecified atom stereocenters. The van der Waals surface area contributed by atoms with Crippen molar-refractivity contribution >= 4 is 21.4 Å². The van der Waals surface area contributed by atoms with Crippen LogP contribution >= 0.6 is 0 Å². The molecule has 0 saturated carbocycles. The van der Waals surface area contributed by atoms with E-state index in [0.29, 0.717) is 12.2 Å². The fourth-order valence-corrected chi connectivity index (χ4v) is 1.88. The van der Waals surface area contributed by atoms with E-state index in [9.17, 15) is 8.42 Å². The van der Waals surface area contributed by atoms with Crippen LogP contribution in [-0.2, 0) is 10.0 Å². The summed E-state index contributed by atoms with van der Waals surface area (Å²) < 4.78 is 25.1. The number of hydrogen-bond donors (Lipinski definition) is 3. The maximum atomic E-state index is 11.3. The highest BCUT2D eigenvalue weighted by Crippen LogP contribution is 2.14. The maximum Gasteiger partial charge on any atom is 0.232 e. The van der Waals surface area contributed by atoms with Gasteiger partial charge in [-0.3, -0.25) is 4.72 Å². The number of rotatable bonds is 7. The zero-order valence-electron chi connectivity index (χ0n) is 9.94. The van der Waals surface area contributed by atoms with Crippen LogP contribution in [0.5, 0.6) is 0 Å². The summed E-state index contributed by atoms with van der Waals surface area (Å²) >= 11 is 0. The Morgan fingerprint density at radius 2 is 1.76 bits per heavy atom. The molecule has 0 aliphatic carbocycles. The van der Waals surface area contributed by atoms with Gasteiger partial charge in [0.1, 0.15) is 0 Å². The topological polar surface area (TPSA) is 84.2 Å². The van der Waals surface area contributed by atoms with Crippen molar-refractivity contribution in [2.45, 2.75) is 13.3 Å². The highest BCUT2D eigenvalue weighted by molar-refractivity contribution is 7.92. The molecule has 0 spiro atoms. The minimum atomic E-state index is -3.19. The third-order valence-corrected chi connectivity index (χ3v) is 3.56. The van der Waals surface area contributed by atoms with Crippen LogP contribution in [0.1, 0.15) is 13.3 Å². The van der Waals surface area contributed by atoms with E-state index in [0.717, 1.165) is 18.7 Å². The molecule has 17 heavy (non-hydrogen) atoms. The van der Waals surface area contributed by atoms with Gasteiger partial charge in [-0.25, -0.2) is 8.42 Å². The van der Waals surface area contributed by atoms with E-state index in [1.807, 2.05) is 12.1 Å². The summed E-state index contributed by atoms with van der Waals surface area (Å²) in [5.41, 5.74) is 6.92. The van der Waals surface area contributed by atoms with Crippen molar-refractivity contribution in [3.8, 4) is 0 Å². The summed E-state index contributed by atoms with van der Waals surface area (Å²) in [7, 11) is -3.19. The second-order valence-electron chi connectivity index (χ2n) is 3.65. The van der Waals surface area contributed by atoms with Crippen molar-refractivity contribution in [1.29, 1.82) is 0 Å². The summed E-state index contributed by atoms with van der Waals surface area (Å²) in [6.07, 6.45) is 0.907. The summed E-state index contributed by atoms with van der Waals surface area (Å²) in [5.74, 6) is 0.0729. The lowest BCUT2D eigenvalue weighted by Gasteiger charge is -2.08. The fraction of sp³-hybridized carbons (Fsp3) is 0.455. The van der Waals surface area contributed by atoms with Crippen LogP contribution in [0.4, 0.5) is 11.4 Å². The molecule has 0 radical (unpaired) electrons. The second-order valence-corrected chi connectivity index (χ2v) is 5.66. The van der Waals surface area contributed by atoms with Gasteiger partial charge >= 0.3 is 0 Å². The molecule has 6 heteroatoms. The van der Waals surface area contributed by atoms with E-state index < -0.39 is 10.0 Å². The molecule has 96 valence electrons. The molecule has 1 aromatic carbocycles. The highest BCUT2D eigenvalue weighted by Gasteiger charge is 2.05. The normalized spacial score (nSPS) is 11.2. The molecule has 0 bridgehead atoms. The molecule has 0 aromatic heterocycles. The summed E-state index contributed by atoms with van der Waals surface area (Å²) in [4.78, 5) is 0. The lowest BCUT2D eigenvalue weighted by molar-refractivity contribution is 0.602. The van der Waals surface area contributed by atoms with E-state index >= 15 is 0 Å². The number of hydrogen-bond acceptors (Lipinski definition) is 4. The van der Waals surface area contributed by atoms with Gasteiger partial charge in [-0.2, -0.15) is 0 Å². The SMILES string of the molecule is CCS(=O)(=O)Nc1ccc(NCCCN)cc1. The largest absolute Gasteiger partial charge is 0.385 e. The van der Waals surface area contributed by atoms with Crippen LogP contribution in [0.3, 0.4) is 0 Å². The van der Waals surface area contributed by atoms with Crippen molar-refractivity contribution in [3.05, 3.63) is 24.3 Å². The Morgan fingerprint density at radius 3 is 2.29 bits per heavy atom. The Balaban J connectivity index is 2.56. The molecule has 1 aromatic rings. The van der Waals surface area contributed by atoms with Crippen molar-refractivity contribution in [2.24, 2.45) is 5.73 Å². The number of anilines is 2. The molecule has 0 aliphatic rings. The zero-order valence-corrected chi connectivity index (χ0v) is 10.8. The lowest BCUT2D eigenvalue weighted by Crippen LogP contribution is -2.14. The molecule has 0 atom stereocenters. The van der Waals surface area contributed by atoms with Crippen molar-refractivity contribution in [2.75, 3.05) is 28.9 Å². The first kappa shape index (κ1) is 13.8. The van der Waals surface area contributed by atoms with E-state index in [1.165, 1.54) is 0 Å². The van der Waals surface area contributed by atoms with Gasteiger partial charge in [-0.1, -0.05) is 0 Å². The van der Waals surface area contributed by atoms with Gasteiger partial charge < -0.3 is 11.1 Å². The van der Waals surface area contributed by atoms with Gasteiger partial charge in [0.15, 0.2) is 0 Å². The van der Waals surface area contributed by atoms with Gasteiger partial charge in [-0.15, -0.1) is 0 Å². The fourth-order valence-electron chi connectivity index (χ4n) is 1.24. The Hall–Kier alpha value is -1.27. The summed E-state index contributed by atoms with van der Waals surface area (Å²) in [6, 6.07) is 7.14. The predicted octanol–water partition coefficient (Wildman–Crippen LogP) is 1.21. The van der Waals surface area contributed by atoms with Crippen LogP contribution in [0, 0.1) is 0 Å². The first-order valence-electron chi connectivity index (χ1n) is 5.62. The van der Waals surface area contributed by atoms with Gasteiger partial charge in [0, 0.05) is 17.9 Å². The molecule has 0 amide bonds. The lowest BCUT2D eigenvalue weighted by atomic mass is 10.3. The quantitative estimate of drug-likeness (QED) is 0.641. The van der Waals surface area contributed by atoms with Crippen LogP contribution in [0.15, 0.2) is 24.3 Å². The van der Waals surface area contributed by atoms with Crippen molar-refractivity contribution < 1.29 is 8.42 Å². The van der Waals surface area contributed by atoms with E-state index in [4.69, 9.17) is 5.73 Å². The van der Waals surface area contributed by atoms with Gasteiger partial charge in [0.2, 0.25) is 10.0 Å². The number of nitrogens with two attached hydrogens (primary N) is 1. The first-order valence-corrected chi connectivity index (χ1v) is 7.27. The summed E-state index contributed by atoms with van der Waals surface area (Å²) in [5, 5.41) is 3.19. The monoisotopic (exact) mass is 257 g/mol. The second kappa shape index (κ2) is 6.46. The Morgan fingerprint density at radius 1 is 1.18 bits per heavy atom. The molecule has 0 heterocycles. The first-order chi connectivity index (χ1) is 8.07. The van der Waals surface area contributed by atoms with Crippen LogP contribution in [-0.4, -0.2) is 27.3 Å². The van der Waals surface area contributed by atoms with Crippen LogP contribution in [0.2, 0.25) is 0 Å². The van der Waals surface area contributed by atoms with E-state index in [1.54, 1.807) is 19.1 Å². The number of benzene rings is 1. The Labute approximate surface area is 102 Å². The summed E-state index contributed by atoms with van der Waals surface area (Å²) in [6.45, 7) is 3.07. The third kappa shape index (κ3) is 5.06. The maximum absolute atomic E-state index is 11.3. The van der Waals surface area contributed by atoms with Crippen LogP contribution < -0.4 is 15.8 Å². The Kier molecular flexibility index (Phi) is 5.24. The molecule has 1 rings (SSSR count). The minimum Gasteiger partial charge on any atom is -0.385 e. The van der Waals surface area contributed by atoms with Gasteiger partial charge in [0.05, 0.1) is 5.75 Å². The zero-order chi connectivity index (χ0) is 12.7. The Bertz CT molecular complexity index is 429. The molecular weight excluding hydrogens is 238 g/mol. The number of sulfonamides is 1. The molecule has 4 N–H and O–H groups in total. The average molecular weight is 257 g/mol. The average Bonchev–Trinajstić information content (AvgIpc) is 2.31. The smallest absolute Gasteiger partial charge is 0.232 e. The molecule has 0 aliphatic heterocycles. The minimum absolute atomic E-state index is 0.0729. The van der Waals surface area contributed by atoms with Gasteiger partial charge in [-0.05, 0) is 44.2 Å². The standard InChI is InChI=1S/C11H19N3O2S/c1-2-17(15,16)14-11-6-4-10(5-7-11)13-9-3-8-12/h4-7,13-14H,2-3,8-9,12H2,1H3. The van der Waals surface area contributed by atoms with Crippen LogP contribution in [0.25, 0.3) is 0 Å². The van der Waals surface area contributed by atoms with Crippen molar-refractivity contribution in [3.63, 3.8) is 0 Å². The molecule has 5 nitrogen and oxygen atoms in total. The highest BCUT2D eigenvalue weighted by atomic mass is 32.2. The third-order valence-electron chi connectivity index (χ3n) is 2.25. The molecular formula is C11H19N3O2S. The predicted molar refractivity (Wildman–Crippen MR) is 71.7 cm³/mol. The number of nitrogens with one attached hydrogen (secondary N) is 2. The molecule has 0 fully saturated rings. The van der Waals surface area contributed by atoms with Gasteiger partial charge in [0.25, 0.3) is 0 Å². The van der Waals surface area contributed by atoms with Crippen molar-refractivity contribution in [1.82, 2.24) is 0 Å². The van der Waals surface area contributed by atoms with E-state index in [-0.39, 0.29) is 5.75 Å².